The van der Waals surface area contributed by atoms with E-state index in [1.54, 1.807) is 16.9 Å². The van der Waals surface area contributed by atoms with Gasteiger partial charge in [0.15, 0.2) is 0 Å². The molecule has 0 aliphatic carbocycles. The van der Waals surface area contributed by atoms with Crippen molar-refractivity contribution >= 4 is 0 Å². The summed E-state index contributed by atoms with van der Waals surface area (Å²) >= 11 is 0. The van der Waals surface area contributed by atoms with E-state index in [9.17, 15) is 10.1 Å². The van der Waals surface area contributed by atoms with Crippen LogP contribution in [0, 0.1) is 10.1 Å². The number of nitrogens with zero attached hydrogens (tertiary/aromatic N) is 3. The molecule has 0 saturated heterocycles. The zero-order chi connectivity index (χ0) is 8.27. The summed E-state index contributed by atoms with van der Waals surface area (Å²) in [6, 6.07) is 1.66. The minimum Gasteiger partial charge on any atom is -0.273 e. The molecular weight excluding hydrogens is 146 g/mol. The first-order valence-electron chi connectivity index (χ1n) is 3.36. The molecule has 0 saturated carbocycles. The first kappa shape index (κ1) is 7.71. The predicted molar refractivity (Wildman–Crippen MR) is 38.6 cm³/mol. The van der Waals surface area contributed by atoms with Crippen LogP contribution in [0.4, 0.5) is 0 Å². The molecule has 1 aromatic heterocycles. The molecule has 11 heavy (non-hydrogen) atoms. The molecule has 5 heteroatoms. The van der Waals surface area contributed by atoms with Gasteiger partial charge in [-0.25, -0.2) is 0 Å². The number of hydrogen-bond donors (Lipinski definition) is 0. The maximum atomic E-state index is 10.0. The van der Waals surface area contributed by atoms with Gasteiger partial charge in [0, 0.05) is 17.7 Å². The average Bonchev–Trinajstić information content (AvgIpc) is 2.34. The van der Waals surface area contributed by atoms with Crippen LogP contribution in [0.2, 0.25) is 0 Å². The van der Waals surface area contributed by atoms with Crippen molar-refractivity contribution in [1.82, 2.24) is 9.78 Å². The smallest absolute Gasteiger partial charge is 0.247 e. The fourth-order valence-corrected chi connectivity index (χ4v) is 0.796. The lowest BCUT2D eigenvalue weighted by atomic mass is 10.4. The molecule has 0 aliphatic rings. The normalized spacial score (nSPS) is 9.91. The van der Waals surface area contributed by atoms with Crippen LogP contribution in [-0.4, -0.2) is 14.7 Å². The zero-order valence-corrected chi connectivity index (χ0v) is 6.23. The van der Waals surface area contributed by atoms with Crippen molar-refractivity contribution in [2.75, 3.05) is 0 Å². The first-order valence-corrected chi connectivity index (χ1v) is 3.36. The zero-order valence-electron chi connectivity index (χ0n) is 6.23. The van der Waals surface area contributed by atoms with Gasteiger partial charge in [-0.2, -0.15) is 5.10 Å². The minimum atomic E-state index is -0.387. The molecule has 1 rings (SSSR count). The van der Waals surface area contributed by atoms with Crippen molar-refractivity contribution in [2.24, 2.45) is 0 Å². The van der Waals surface area contributed by atoms with Crippen LogP contribution in [0.5, 0.6) is 0 Å². The Bertz CT molecular complexity index is 256. The molecule has 0 aromatic carbocycles. The van der Waals surface area contributed by atoms with E-state index in [0.717, 1.165) is 6.54 Å². The lowest BCUT2D eigenvalue weighted by molar-refractivity contribution is -0.497. The second kappa shape index (κ2) is 3.14. The fraction of sp³-hybridized carbons (Fsp3) is 0.500. The molecule has 0 aliphatic heterocycles. The Kier molecular flexibility index (Phi) is 2.20. The van der Waals surface area contributed by atoms with E-state index in [1.165, 1.54) is 0 Å². The highest BCUT2D eigenvalue weighted by atomic mass is 16.6. The van der Waals surface area contributed by atoms with E-state index in [0.29, 0.717) is 5.69 Å². The van der Waals surface area contributed by atoms with Crippen molar-refractivity contribution in [3.63, 3.8) is 0 Å². The summed E-state index contributed by atoms with van der Waals surface area (Å²) in [5.41, 5.74) is 0.511. The van der Waals surface area contributed by atoms with E-state index in [1.807, 2.05) is 6.92 Å². The Morgan fingerprint density at radius 2 is 2.55 bits per heavy atom. The van der Waals surface area contributed by atoms with Crippen molar-refractivity contribution in [2.45, 2.75) is 20.0 Å². The van der Waals surface area contributed by atoms with Gasteiger partial charge in [-0.3, -0.25) is 14.8 Å². The van der Waals surface area contributed by atoms with Gasteiger partial charge in [0.05, 0.1) is 0 Å². The number of rotatable bonds is 3. The Morgan fingerprint density at radius 3 is 3.00 bits per heavy atom. The summed E-state index contributed by atoms with van der Waals surface area (Å²) in [7, 11) is 0. The van der Waals surface area contributed by atoms with Gasteiger partial charge in [-0.05, 0) is 13.0 Å². The molecule has 1 heterocycles. The summed E-state index contributed by atoms with van der Waals surface area (Å²) in [4.78, 5) is 9.64. The van der Waals surface area contributed by atoms with Crippen LogP contribution in [0.1, 0.15) is 12.6 Å². The molecule has 0 fully saturated rings. The van der Waals surface area contributed by atoms with Gasteiger partial charge in [0.25, 0.3) is 0 Å². The summed E-state index contributed by atoms with van der Waals surface area (Å²) in [6.45, 7) is 2.49. The topological polar surface area (TPSA) is 61.0 Å². The maximum absolute atomic E-state index is 10.0. The second-order valence-electron chi connectivity index (χ2n) is 2.15. The highest BCUT2D eigenvalue weighted by molar-refractivity contribution is 4.96. The van der Waals surface area contributed by atoms with Crippen LogP contribution in [0.25, 0.3) is 0 Å². The lowest BCUT2D eigenvalue weighted by Crippen LogP contribution is -2.01. The van der Waals surface area contributed by atoms with E-state index < -0.39 is 0 Å². The van der Waals surface area contributed by atoms with Gasteiger partial charge in [0.1, 0.15) is 5.69 Å². The van der Waals surface area contributed by atoms with Crippen molar-refractivity contribution in [3.8, 4) is 0 Å². The quantitative estimate of drug-likeness (QED) is 0.476. The minimum absolute atomic E-state index is 0.188. The van der Waals surface area contributed by atoms with Crippen LogP contribution in [0.15, 0.2) is 12.3 Å². The fourth-order valence-electron chi connectivity index (χ4n) is 0.796. The molecule has 5 nitrogen and oxygen atoms in total. The molecule has 0 N–H and O–H groups in total. The molecule has 1 aromatic rings. The van der Waals surface area contributed by atoms with Crippen LogP contribution in [-0.2, 0) is 13.1 Å². The monoisotopic (exact) mass is 155 g/mol. The van der Waals surface area contributed by atoms with Gasteiger partial charge in [-0.1, -0.05) is 0 Å². The molecule has 60 valence electrons. The average molecular weight is 155 g/mol. The van der Waals surface area contributed by atoms with E-state index >= 15 is 0 Å². The first-order chi connectivity index (χ1) is 5.22. The lowest BCUT2D eigenvalue weighted by Gasteiger charge is -1.90. The highest BCUT2D eigenvalue weighted by Crippen LogP contribution is 1.96. The molecule has 0 bridgehead atoms. The molecule has 0 radical (unpaired) electrons. The summed E-state index contributed by atoms with van der Waals surface area (Å²) < 4.78 is 1.67. The Labute approximate surface area is 63.8 Å². The van der Waals surface area contributed by atoms with Gasteiger partial charge in [0.2, 0.25) is 6.54 Å². The molecular formula is C6H9N3O2. The number of aromatic nitrogens is 2. The largest absolute Gasteiger partial charge is 0.273 e. The molecule has 0 atom stereocenters. The number of hydrogen-bond acceptors (Lipinski definition) is 3. The van der Waals surface area contributed by atoms with E-state index in [4.69, 9.17) is 0 Å². The third-order valence-corrected chi connectivity index (χ3v) is 1.31. The van der Waals surface area contributed by atoms with Crippen LogP contribution in [0.3, 0.4) is 0 Å². The van der Waals surface area contributed by atoms with Crippen LogP contribution >= 0.6 is 0 Å². The van der Waals surface area contributed by atoms with Crippen molar-refractivity contribution in [3.05, 3.63) is 28.1 Å². The Balaban J connectivity index is 2.65. The molecule has 0 amide bonds. The Morgan fingerprint density at radius 1 is 1.82 bits per heavy atom. The Hall–Kier alpha value is -1.39. The van der Waals surface area contributed by atoms with Crippen molar-refractivity contribution in [1.29, 1.82) is 0 Å². The number of nitro groups is 1. The number of aryl methyl sites for hydroxylation is 1. The highest BCUT2D eigenvalue weighted by Gasteiger charge is 2.03. The van der Waals surface area contributed by atoms with Gasteiger partial charge < -0.3 is 0 Å². The molecule has 0 unspecified atom stereocenters. The van der Waals surface area contributed by atoms with Crippen LogP contribution < -0.4 is 0 Å². The third kappa shape index (κ3) is 2.03. The predicted octanol–water partition coefficient (Wildman–Crippen LogP) is 0.680. The summed E-state index contributed by atoms with van der Waals surface area (Å²) in [5.74, 6) is 0. The SMILES string of the molecule is CCn1ccc(C[N+](=O)[O-])n1. The van der Waals surface area contributed by atoms with Crippen molar-refractivity contribution < 1.29 is 4.92 Å². The standard InChI is InChI=1S/C6H9N3O2/c1-2-8-4-3-6(7-8)5-9(10)11/h3-4H,2,5H2,1H3. The van der Waals surface area contributed by atoms with Gasteiger partial charge in [-0.15, -0.1) is 0 Å². The van der Waals surface area contributed by atoms with E-state index in [-0.39, 0.29) is 11.5 Å². The third-order valence-electron chi connectivity index (χ3n) is 1.31. The summed E-state index contributed by atoms with van der Waals surface area (Å²) in [6.07, 6.45) is 1.73. The second-order valence-corrected chi connectivity index (χ2v) is 2.15. The summed E-state index contributed by atoms with van der Waals surface area (Å²) in [5, 5.41) is 14.0. The van der Waals surface area contributed by atoms with Gasteiger partial charge >= 0.3 is 0 Å². The maximum Gasteiger partial charge on any atom is 0.247 e. The molecule has 0 spiro atoms. The van der Waals surface area contributed by atoms with E-state index in [2.05, 4.69) is 5.10 Å².